The summed E-state index contributed by atoms with van der Waals surface area (Å²) in [5, 5.41) is 4.55. The Morgan fingerprint density at radius 1 is 1.05 bits per heavy atom. The minimum Gasteiger partial charge on any atom is -0.293 e. The van der Waals surface area contributed by atoms with Crippen molar-refractivity contribution in [3.05, 3.63) is 53.1 Å². The summed E-state index contributed by atoms with van der Waals surface area (Å²) in [5.41, 5.74) is 4.11. The van der Waals surface area contributed by atoms with Gasteiger partial charge in [0, 0.05) is 18.3 Å². The van der Waals surface area contributed by atoms with Gasteiger partial charge in [-0.15, -0.1) is 0 Å². The molecule has 2 aromatic heterocycles. The van der Waals surface area contributed by atoms with Crippen molar-refractivity contribution in [1.29, 1.82) is 0 Å². The molecule has 0 saturated carbocycles. The van der Waals surface area contributed by atoms with Crippen LogP contribution in [0.3, 0.4) is 0 Å². The second-order valence-electron chi connectivity index (χ2n) is 4.58. The Balaban J connectivity index is 2.42. The highest BCUT2D eigenvalue weighted by atomic mass is 16.1. The van der Waals surface area contributed by atoms with Crippen molar-refractivity contribution < 1.29 is 4.79 Å². The van der Waals surface area contributed by atoms with Gasteiger partial charge in [0.25, 0.3) is 0 Å². The van der Waals surface area contributed by atoms with E-state index in [4.69, 9.17) is 0 Å². The highest BCUT2D eigenvalue weighted by molar-refractivity contribution is 5.99. The first-order valence-electron chi connectivity index (χ1n) is 6.18. The van der Waals surface area contributed by atoms with Gasteiger partial charge >= 0.3 is 0 Å². The normalized spacial score (nSPS) is 11.7. The summed E-state index contributed by atoms with van der Waals surface area (Å²) >= 11 is 0. The number of nitrogens with zero attached hydrogens (tertiary/aromatic N) is 3. The molecule has 0 radical (unpaired) electrons. The van der Waals surface area contributed by atoms with E-state index in [2.05, 4.69) is 10.1 Å². The number of carbonyl (C=O) groups excluding carboxylic acids is 1. The van der Waals surface area contributed by atoms with Crippen molar-refractivity contribution in [3.8, 4) is 0 Å². The van der Waals surface area contributed by atoms with Crippen molar-refractivity contribution in [1.82, 2.24) is 9.66 Å². The zero-order chi connectivity index (χ0) is 14.0. The first kappa shape index (κ1) is 13.2. The first-order valence-corrected chi connectivity index (χ1v) is 6.18. The molecule has 0 aliphatic heterocycles. The number of aromatic nitrogens is 2. The third-order valence-corrected chi connectivity index (χ3v) is 2.96. The van der Waals surface area contributed by atoms with Crippen LogP contribution in [0.4, 0.5) is 0 Å². The van der Waals surface area contributed by atoms with Gasteiger partial charge in [-0.1, -0.05) is 6.07 Å². The molecule has 0 bridgehead atoms. The molecule has 4 nitrogen and oxygen atoms in total. The van der Waals surface area contributed by atoms with Crippen molar-refractivity contribution in [2.45, 2.75) is 27.7 Å². The quantitative estimate of drug-likeness (QED) is 0.625. The van der Waals surface area contributed by atoms with Gasteiger partial charge in [-0.25, -0.2) is 9.66 Å². The van der Waals surface area contributed by atoms with Gasteiger partial charge in [-0.2, -0.15) is 5.10 Å². The lowest BCUT2D eigenvalue weighted by Crippen LogP contribution is -2.07. The molecule has 2 rings (SSSR count). The Kier molecular flexibility index (Phi) is 3.60. The maximum Gasteiger partial charge on any atom is 0.178 e. The monoisotopic (exact) mass is 255 g/mol. The summed E-state index contributed by atoms with van der Waals surface area (Å²) in [6, 6.07) is 9.44. The number of ketones is 1. The molecule has 0 saturated heterocycles. The molecular formula is C15H17N3O. The fourth-order valence-corrected chi connectivity index (χ4v) is 1.85. The molecule has 0 atom stereocenters. The average Bonchev–Trinajstić information content (AvgIpc) is 2.70. The Hall–Kier alpha value is -2.23. The van der Waals surface area contributed by atoms with Crippen molar-refractivity contribution in [3.63, 3.8) is 0 Å². The van der Waals surface area contributed by atoms with Gasteiger partial charge in [-0.05, 0) is 45.0 Å². The third-order valence-electron chi connectivity index (χ3n) is 2.96. The molecule has 0 N–H and O–H groups in total. The van der Waals surface area contributed by atoms with E-state index in [0.717, 1.165) is 22.8 Å². The lowest BCUT2D eigenvalue weighted by Gasteiger charge is -2.05. The molecule has 2 aromatic rings. The molecule has 0 aromatic carbocycles. The zero-order valence-electron chi connectivity index (χ0n) is 11.6. The van der Waals surface area contributed by atoms with E-state index < -0.39 is 0 Å². The maximum absolute atomic E-state index is 11.3. The number of carbonyl (C=O) groups is 1. The molecule has 0 spiro atoms. The molecule has 0 aliphatic rings. The summed E-state index contributed by atoms with van der Waals surface area (Å²) in [6.07, 6.45) is 0. The SMILES string of the molecule is CC(=O)c1cccc(/C(C)=N\n2c(C)ccc2C)n1. The van der Waals surface area contributed by atoms with Gasteiger partial charge in [-0.3, -0.25) is 4.79 Å². The summed E-state index contributed by atoms with van der Waals surface area (Å²) < 4.78 is 1.87. The number of aryl methyl sites for hydroxylation is 2. The number of pyridine rings is 1. The maximum atomic E-state index is 11.3. The number of Topliss-reactive ketones (excluding diaryl/α,β-unsaturated/α-hetero) is 1. The van der Waals surface area contributed by atoms with Crippen molar-refractivity contribution >= 4 is 11.5 Å². The van der Waals surface area contributed by atoms with Gasteiger partial charge in [0.05, 0.1) is 11.4 Å². The molecule has 2 heterocycles. The second kappa shape index (κ2) is 5.18. The van der Waals surface area contributed by atoms with Crippen LogP contribution < -0.4 is 0 Å². The highest BCUT2D eigenvalue weighted by Crippen LogP contribution is 2.09. The van der Waals surface area contributed by atoms with Gasteiger partial charge in [0.15, 0.2) is 5.78 Å². The molecule has 0 unspecified atom stereocenters. The van der Waals surface area contributed by atoms with Gasteiger partial charge in [0.2, 0.25) is 0 Å². The number of hydrogen-bond acceptors (Lipinski definition) is 3. The molecule has 4 heteroatoms. The van der Waals surface area contributed by atoms with E-state index in [0.29, 0.717) is 5.69 Å². The molecule has 0 fully saturated rings. The van der Waals surface area contributed by atoms with Crippen LogP contribution in [0.2, 0.25) is 0 Å². The predicted molar refractivity (Wildman–Crippen MR) is 75.8 cm³/mol. The smallest absolute Gasteiger partial charge is 0.178 e. The second-order valence-corrected chi connectivity index (χ2v) is 4.58. The average molecular weight is 255 g/mol. The summed E-state index contributed by atoms with van der Waals surface area (Å²) in [4.78, 5) is 15.7. The fraction of sp³-hybridized carbons (Fsp3) is 0.267. The zero-order valence-corrected chi connectivity index (χ0v) is 11.6. The van der Waals surface area contributed by atoms with E-state index in [-0.39, 0.29) is 5.78 Å². The predicted octanol–water partition coefficient (Wildman–Crippen LogP) is 2.97. The fourth-order valence-electron chi connectivity index (χ4n) is 1.85. The number of hydrogen-bond donors (Lipinski definition) is 0. The highest BCUT2D eigenvalue weighted by Gasteiger charge is 2.06. The lowest BCUT2D eigenvalue weighted by molar-refractivity contribution is 0.101. The van der Waals surface area contributed by atoms with Gasteiger partial charge in [0.1, 0.15) is 5.69 Å². The van der Waals surface area contributed by atoms with Crippen molar-refractivity contribution in [2.75, 3.05) is 0 Å². The standard InChI is InChI=1S/C15H17N3O/c1-10-8-9-11(2)18(10)17-12(3)14-6-5-7-15(16-14)13(4)19/h5-9H,1-4H3/b17-12-. The van der Waals surface area contributed by atoms with Crippen LogP contribution in [-0.2, 0) is 0 Å². The minimum absolute atomic E-state index is 0.0389. The third kappa shape index (κ3) is 2.78. The van der Waals surface area contributed by atoms with Gasteiger partial charge < -0.3 is 0 Å². The Labute approximate surface area is 112 Å². The van der Waals surface area contributed by atoms with Crippen LogP contribution in [0.25, 0.3) is 0 Å². The Morgan fingerprint density at radius 2 is 1.63 bits per heavy atom. The Bertz CT molecular complexity index is 634. The van der Waals surface area contributed by atoms with E-state index >= 15 is 0 Å². The van der Waals surface area contributed by atoms with Crippen molar-refractivity contribution in [2.24, 2.45) is 5.10 Å². The molecule has 19 heavy (non-hydrogen) atoms. The van der Waals surface area contributed by atoms with E-state index in [1.54, 1.807) is 6.07 Å². The minimum atomic E-state index is -0.0389. The van der Waals surface area contributed by atoms with Crippen LogP contribution in [0.15, 0.2) is 35.4 Å². The summed E-state index contributed by atoms with van der Waals surface area (Å²) in [7, 11) is 0. The van der Waals surface area contributed by atoms with Crippen LogP contribution >= 0.6 is 0 Å². The number of rotatable bonds is 3. The van der Waals surface area contributed by atoms with E-state index in [9.17, 15) is 4.79 Å². The lowest BCUT2D eigenvalue weighted by atomic mass is 10.2. The molecular weight excluding hydrogens is 238 g/mol. The summed E-state index contributed by atoms with van der Waals surface area (Å²) in [5.74, 6) is -0.0389. The largest absolute Gasteiger partial charge is 0.293 e. The molecule has 98 valence electrons. The Morgan fingerprint density at radius 3 is 2.21 bits per heavy atom. The molecule has 0 aliphatic carbocycles. The van der Waals surface area contributed by atoms with Crippen LogP contribution in [0.5, 0.6) is 0 Å². The topological polar surface area (TPSA) is 47.2 Å². The van der Waals surface area contributed by atoms with Crippen LogP contribution in [0.1, 0.15) is 41.4 Å². The van der Waals surface area contributed by atoms with E-state index in [1.165, 1.54) is 6.92 Å². The first-order chi connectivity index (χ1) is 8.99. The summed E-state index contributed by atoms with van der Waals surface area (Å²) in [6.45, 7) is 7.41. The van der Waals surface area contributed by atoms with E-state index in [1.807, 2.05) is 49.7 Å². The van der Waals surface area contributed by atoms with Crippen LogP contribution in [0, 0.1) is 13.8 Å². The molecule has 0 amide bonds. The van der Waals surface area contributed by atoms with Crippen LogP contribution in [-0.4, -0.2) is 21.2 Å².